The number of morpholine rings is 1. The molecule has 0 unspecified atom stereocenters. The zero-order chi connectivity index (χ0) is 23.5. The van der Waals surface area contributed by atoms with E-state index in [0.717, 1.165) is 56.3 Å². The van der Waals surface area contributed by atoms with Crippen molar-refractivity contribution in [2.24, 2.45) is 5.92 Å². The van der Waals surface area contributed by atoms with E-state index in [0.29, 0.717) is 42.7 Å². The number of carbonyl (C=O) groups excluding carboxylic acids is 1. The number of likely N-dealkylation sites (tertiary alicyclic amines) is 1. The van der Waals surface area contributed by atoms with Gasteiger partial charge in [-0.05, 0) is 54.8 Å². The van der Waals surface area contributed by atoms with Gasteiger partial charge in [0.2, 0.25) is 5.91 Å². The Labute approximate surface area is 206 Å². The van der Waals surface area contributed by atoms with E-state index in [2.05, 4.69) is 32.6 Å². The number of benzene rings is 2. The molecule has 3 saturated heterocycles. The molecule has 7 nitrogen and oxygen atoms in total. The van der Waals surface area contributed by atoms with E-state index in [9.17, 15) is 4.79 Å². The Morgan fingerprint density at radius 3 is 2.74 bits per heavy atom. The Bertz CT molecular complexity index is 996. The summed E-state index contributed by atoms with van der Waals surface area (Å²) in [6.07, 6.45) is 1.06. The minimum absolute atomic E-state index is 0.00264. The predicted molar refractivity (Wildman–Crippen MR) is 135 cm³/mol. The Kier molecular flexibility index (Phi) is 7.25. The van der Waals surface area contributed by atoms with E-state index >= 15 is 0 Å². The lowest BCUT2D eigenvalue weighted by molar-refractivity contribution is -0.117. The summed E-state index contributed by atoms with van der Waals surface area (Å²) in [6.45, 7) is 6.31. The van der Waals surface area contributed by atoms with Crippen molar-refractivity contribution in [3.63, 3.8) is 0 Å². The van der Waals surface area contributed by atoms with Crippen LogP contribution in [0.25, 0.3) is 0 Å². The molecule has 3 aliphatic rings. The maximum Gasteiger partial charge on any atom is 0.238 e. The maximum atomic E-state index is 13.0. The number of carbonyl (C=O) groups is 1. The molecule has 0 radical (unpaired) electrons. The fourth-order valence-corrected chi connectivity index (χ4v) is 5.97. The van der Waals surface area contributed by atoms with Gasteiger partial charge >= 0.3 is 0 Å². The van der Waals surface area contributed by atoms with Crippen molar-refractivity contribution in [3.05, 3.63) is 53.1 Å². The lowest BCUT2D eigenvalue weighted by Crippen LogP contribution is -2.46. The number of amides is 1. The SMILES string of the molecule is COc1ccc([C@H]2CN(CC(=O)Nc3ccc(N4CCOCC4)c(Cl)c3)[C@@H]3CCNC[C@H]23)cc1. The van der Waals surface area contributed by atoms with Gasteiger partial charge in [0.05, 0.1) is 37.6 Å². The number of rotatable bonds is 6. The van der Waals surface area contributed by atoms with Gasteiger partial charge in [-0.2, -0.15) is 0 Å². The molecule has 3 fully saturated rings. The monoisotopic (exact) mass is 484 g/mol. The Morgan fingerprint density at radius 1 is 1.21 bits per heavy atom. The van der Waals surface area contributed by atoms with Gasteiger partial charge in [0.1, 0.15) is 5.75 Å². The minimum atomic E-state index is 0.00264. The summed E-state index contributed by atoms with van der Waals surface area (Å²) < 4.78 is 10.8. The molecule has 0 aromatic heterocycles. The molecule has 3 heterocycles. The molecule has 8 heteroatoms. The average Bonchev–Trinajstić information content (AvgIpc) is 3.23. The zero-order valence-electron chi connectivity index (χ0n) is 19.6. The van der Waals surface area contributed by atoms with Crippen LogP contribution in [-0.2, 0) is 9.53 Å². The van der Waals surface area contributed by atoms with Gasteiger partial charge in [-0.15, -0.1) is 0 Å². The number of hydrogen-bond donors (Lipinski definition) is 2. The number of nitrogens with zero attached hydrogens (tertiary/aromatic N) is 2. The van der Waals surface area contributed by atoms with Crippen LogP contribution in [-0.4, -0.2) is 76.4 Å². The minimum Gasteiger partial charge on any atom is -0.497 e. The number of hydrogen-bond acceptors (Lipinski definition) is 6. The highest BCUT2D eigenvalue weighted by Gasteiger charge is 2.43. The van der Waals surface area contributed by atoms with Crippen molar-refractivity contribution in [3.8, 4) is 5.75 Å². The van der Waals surface area contributed by atoms with Crippen molar-refractivity contribution < 1.29 is 14.3 Å². The predicted octanol–water partition coefficient (Wildman–Crippen LogP) is 3.20. The van der Waals surface area contributed by atoms with Crippen molar-refractivity contribution in [1.29, 1.82) is 0 Å². The van der Waals surface area contributed by atoms with Gasteiger partial charge in [0.15, 0.2) is 0 Å². The molecule has 0 saturated carbocycles. The first-order valence-electron chi connectivity index (χ1n) is 12.1. The number of ether oxygens (including phenoxy) is 2. The highest BCUT2D eigenvalue weighted by atomic mass is 35.5. The summed E-state index contributed by atoms with van der Waals surface area (Å²) >= 11 is 6.56. The second kappa shape index (κ2) is 10.5. The summed E-state index contributed by atoms with van der Waals surface area (Å²) in [5.41, 5.74) is 3.04. The van der Waals surface area contributed by atoms with Crippen LogP contribution in [0.4, 0.5) is 11.4 Å². The Morgan fingerprint density at radius 2 is 2.00 bits per heavy atom. The van der Waals surface area contributed by atoms with Gasteiger partial charge in [0.25, 0.3) is 0 Å². The van der Waals surface area contributed by atoms with Crippen LogP contribution >= 0.6 is 11.6 Å². The van der Waals surface area contributed by atoms with Gasteiger partial charge in [-0.1, -0.05) is 23.7 Å². The van der Waals surface area contributed by atoms with E-state index in [4.69, 9.17) is 21.1 Å². The Balaban J connectivity index is 1.24. The second-order valence-corrected chi connectivity index (χ2v) is 9.75. The topological polar surface area (TPSA) is 66.1 Å². The standard InChI is InChI=1S/C26H33ClN4O3/c1-33-20-5-2-18(3-6-20)22-16-31(24-8-9-28-15-21(22)24)17-26(32)29-19-4-7-25(23(27)14-19)30-10-12-34-13-11-30/h2-7,14,21-22,24,28H,8-13,15-17H2,1H3,(H,29,32)/t21-,22-,24-/m1/s1. The van der Waals surface area contributed by atoms with Gasteiger partial charge in [-0.3, -0.25) is 9.69 Å². The van der Waals surface area contributed by atoms with E-state index in [1.165, 1.54) is 5.56 Å². The molecular formula is C26H33ClN4O3. The van der Waals surface area contributed by atoms with Gasteiger partial charge < -0.3 is 25.0 Å². The maximum absolute atomic E-state index is 13.0. The number of fused-ring (bicyclic) bond motifs is 1. The van der Waals surface area contributed by atoms with Crippen molar-refractivity contribution in [2.45, 2.75) is 18.4 Å². The zero-order valence-corrected chi connectivity index (χ0v) is 20.4. The van der Waals surface area contributed by atoms with Crippen LogP contribution in [0.15, 0.2) is 42.5 Å². The largest absolute Gasteiger partial charge is 0.497 e. The number of methoxy groups -OCH3 is 1. The summed E-state index contributed by atoms with van der Waals surface area (Å²) in [6, 6.07) is 14.6. The van der Waals surface area contributed by atoms with Gasteiger partial charge in [0, 0.05) is 43.8 Å². The number of anilines is 2. The van der Waals surface area contributed by atoms with Crippen molar-refractivity contribution in [2.75, 3.05) is 69.8 Å². The number of nitrogens with one attached hydrogen (secondary N) is 2. The van der Waals surface area contributed by atoms with Crippen LogP contribution in [0.1, 0.15) is 17.9 Å². The van der Waals surface area contributed by atoms with Crippen LogP contribution in [0, 0.1) is 5.92 Å². The molecule has 2 N–H and O–H groups in total. The lowest BCUT2D eigenvalue weighted by atomic mass is 9.82. The molecule has 3 atom stereocenters. The Hall–Kier alpha value is -2.32. The van der Waals surface area contributed by atoms with Crippen LogP contribution in [0.3, 0.4) is 0 Å². The van der Waals surface area contributed by atoms with Crippen molar-refractivity contribution in [1.82, 2.24) is 10.2 Å². The third-order valence-corrected chi connectivity index (χ3v) is 7.68. The molecule has 1 amide bonds. The molecule has 2 aromatic carbocycles. The molecule has 0 bridgehead atoms. The molecule has 0 spiro atoms. The van der Waals surface area contributed by atoms with E-state index in [-0.39, 0.29) is 5.91 Å². The van der Waals surface area contributed by atoms with Crippen LogP contribution < -0.4 is 20.3 Å². The third-order valence-electron chi connectivity index (χ3n) is 7.38. The lowest BCUT2D eigenvalue weighted by Gasteiger charge is -2.33. The summed E-state index contributed by atoms with van der Waals surface area (Å²) in [5.74, 6) is 1.77. The molecule has 2 aromatic rings. The molecule has 3 aliphatic heterocycles. The smallest absolute Gasteiger partial charge is 0.238 e. The molecule has 34 heavy (non-hydrogen) atoms. The quantitative estimate of drug-likeness (QED) is 0.656. The third kappa shape index (κ3) is 5.03. The average molecular weight is 485 g/mol. The van der Waals surface area contributed by atoms with E-state index in [1.807, 2.05) is 30.3 Å². The van der Waals surface area contributed by atoms with Crippen molar-refractivity contribution >= 4 is 28.9 Å². The molecule has 0 aliphatic carbocycles. The number of piperidine rings is 1. The van der Waals surface area contributed by atoms with E-state index < -0.39 is 0 Å². The highest BCUT2D eigenvalue weighted by Crippen LogP contribution is 2.40. The summed E-state index contributed by atoms with van der Waals surface area (Å²) in [4.78, 5) is 17.6. The summed E-state index contributed by atoms with van der Waals surface area (Å²) in [7, 11) is 1.69. The van der Waals surface area contributed by atoms with E-state index in [1.54, 1.807) is 7.11 Å². The van der Waals surface area contributed by atoms with Gasteiger partial charge in [-0.25, -0.2) is 0 Å². The van der Waals surface area contributed by atoms with Crippen LogP contribution in [0.2, 0.25) is 5.02 Å². The first-order chi connectivity index (χ1) is 16.6. The molecular weight excluding hydrogens is 452 g/mol. The van der Waals surface area contributed by atoms with Crippen LogP contribution in [0.5, 0.6) is 5.75 Å². The number of halogens is 1. The first-order valence-corrected chi connectivity index (χ1v) is 12.5. The fraction of sp³-hybridized carbons (Fsp3) is 0.500. The fourth-order valence-electron chi connectivity index (χ4n) is 5.67. The second-order valence-electron chi connectivity index (χ2n) is 9.35. The first kappa shape index (κ1) is 23.4. The summed E-state index contributed by atoms with van der Waals surface area (Å²) in [5, 5.41) is 7.27. The normalized spacial score (nSPS) is 25.1. The molecule has 182 valence electrons. The molecule has 5 rings (SSSR count). The highest BCUT2D eigenvalue weighted by molar-refractivity contribution is 6.33.